The summed E-state index contributed by atoms with van der Waals surface area (Å²) in [6.45, 7) is 0. The molecule has 0 saturated carbocycles. The minimum atomic E-state index is 0.858. The Morgan fingerprint density at radius 2 is 0.905 bits per heavy atom. The molecule has 0 bridgehead atoms. The number of hydrogen-bond acceptors (Lipinski definition) is 2. The topological polar surface area (TPSA) is 30.7 Å². The van der Waals surface area contributed by atoms with Crippen molar-refractivity contribution < 1.29 is 0 Å². The molecule has 13 aromatic rings. The summed E-state index contributed by atoms with van der Waals surface area (Å²) in [5.41, 5.74) is 14.5. The molecule has 11 aromatic carbocycles. The van der Waals surface area contributed by atoms with Gasteiger partial charge >= 0.3 is 0 Å². The van der Waals surface area contributed by atoms with Crippen LogP contribution in [0.25, 0.3) is 126 Å². The predicted molar refractivity (Wildman–Crippen MR) is 266 cm³/mol. The lowest BCUT2D eigenvalue weighted by Gasteiger charge is -2.16. The summed E-state index contributed by atoms with van der Waals surface area (Å²) >= 11 is 0. The Hall–Kier alpha value is -8.40. The molecule has 0 unspecified atom stereocenters. The zero-order valence-electron chi connectivity index (χ0n) is 34.2. The highest BCUT2D eigenvalue weighted by atomic mass is 15.0. The molecule has 0 radical (unpaired) electrons. The highest BCUT2D eigenvalue weighted by molar-refractivity contribution is 6.23. The molecule has 0 aliphatic rings. The van der Waals surface area contributed by atoms with Gasteiger partial charge in [-0.25, -0.2) is 4.98 Å². The highest BCUT2D eigenvalue weighted by Gasteiger charge is 2.18. The van der Waals surface area contributed by atoms with Gasteiger partial charge in [-0.2, -0.15) is 0 Å². The van der Waals surface area contributed by atoms with Gasteiger partial charge in [-0.3, -0.25) is 4.98 Å². The Labute approximate surface area is 363 Å². The molecule has 292 valence electrons. The SMILES string of the molecule is c1ccc(-n2c3ccccc3c3cc(-c4cc(-c5ccc(-c6cccc(-c7cnc8c9ccccc9c9ccccc9c8n7)c6)c6ccccc56)c5ccccc5c4)ccc32)cc1. The number of nitrogens with zero attached hydrogens (tertiary/aromatic N) is 3. The van der Waals surface area contributed by atoms with E-state index in [0.717, 1.165) is 44.3 Å². The molecule has 2 aromatic heterocycles. The molecule has 0 spiro atoms. The first-order valence-electron chi connectivity index (χ1n) is 21.6. The van der Waals surface area contributed by atoms with Crippen molar-refractivity contribution in [3.05, 3.63) is 225 Å². The van der Waals surface area contributed by atoms with Crippen molar-refractivity contribution in [2.24, 2.45) is 0 Å². The normalized spacial score (nSPS) is 11.8. The van der Waals surface area contributed by atoms with Gasteiger partial charge in [0.15, 0.2) is 0 Å². The molecule has 0 amide bonds. The number of benzene rings is 11. The fourth-order valence-electron chi connectivity index (χ4n) is 10.1. The van der Waals surface area contributed by atoms with Crippen molar-refractivity contribution in [1.29, 1.82) is 0 Å². The average molecular weight is 800 g/mol. The van der Waals surface area contributed by atoms with E-state index in [1.165, 1.54) is 81.9 Å². The molecule has 0 aliphatic heterocycles. The Bertz CT molecular complexity index is 3940. The third-order valence-corrected chi connectivity index (χ3v) is 13.0. The summed E-state index contributed by atoms with van der Waals surface area (Å²) in [6, 6.07) is 79.2. The molecule has 2 heterocycles. The summed E-state index contributed by atoms with van der Waals surface area (Å²) < 4.78 is 2.38. The smallest absolute Gasteiger partial charge is 0.0979 e. The Kier molecular flexibility index (Phi) is 7.91. The molecule has 13 rings (SSSR count). The molecular weight excluding hydrogens is 763 g/mol. The molecular formula is C60H37N3. The first-order chi connectivity index (χ1) is 31.2. The van der Waals surface area contributed by atoms with Gasteiger partial charge in [-0.15, -0.1) is 0 Å². The summed E-state index contributed by atoms with van der Waals surface area (Å²) in [5.74, 6) is 0. The van der Waals surface area contributed by atoms with Crippen LogP contribution < -0.4 is 0 Å². The second-order valence-electron chi connectivity index (χ2n) is 16.5. The molecule has 0 N–H and O–H groups in total. The Morgan fingerprint density at radius 1 is 0.302 bits per heavy atom. The lowest BCUT2D eigenvalue weighted by atomic mass is 9.88. The van der Waals surface area contributed by atoms with Gasteiger partial charge in [0.1, 0.15) is 0 Å². The second-order valence-corrected chi connectivity index (χ2v) is 16.5. The second kappa shape index (κ2) is 14.1. The van der Waals surface area contributed by atoms with Crippen LogP contribution in [0, 0.1) is 0 Å². The van der Waals surface area contributed by atoms with Crippen LogP contribution in [-0.2, 0) is 0 Å². The number of para-hydroxylation sites is 2. The van der Waals surface area contributed by atoms with Gasteiger partial charge in [0.05, 0.1) is 34.0 Å². The van der Waals surface area contributed by atoms with Crippen molar-refractivity contribution in [3.8, 4) is 50.3 Å². The van der Waals surface area contributed by atoms with Gasteiger partial charge < -0.3 is 4.57 Å². The van der Waals surface area contributed by atoms with Gasteiger partial charge in [0, 0.05) is 32.8 Å². The molecule has 63 heavy (non-hydrogen) atoms. The standard InChI is InChI=1S/C60H37N3/c1-2-18-43(19-3-1)63-57-28-13-12-25-51(57)55-35-38(29-32-58(55)63)42-34-39-15-4-5-20-44(39)54(36-42)50-31-30-45(46-21-6-7-22-47(46)50)40-16-14-17-41(33-40)56-37-61-59-52-26-10-8-23-48(52)49-24-9-11-27-53(49)60(59)62-56/h1-37H. The average Bonchev–Trinajstić information content (AvgIpc) is 3.69. The molecule has 0 fully saturated rings. The van der Waals surface area contributed by atoms with E-state index in [2.05, 4.69) is 223 Å². The van der Waals surface area contributed by atoms with Crippen molar-refractivity contribution in [2.75, 3.05) is 0 Å². The first kappa shape index (κ1) is 35.4. The van der Waals surface area contributed by atoms with E-state index in [-0.39, 0.29) is 0 Å². The minimum absolute atomic E-state index is 0.858. The first-order valence-corrected chi connectivity index (χ1v) is 21.6. The number of aromatic nitrogens is 3. The van der Waals surface area contributed by atoms with Gasteiger partial charge in [-0.05, 0) is 114 Å². The molecule has 0 aliphatic carbocycles. The van der Waals surface area contributed by atoms with Gasteiger partial charge in [-0.1, -0.05) is 170 Å². The molecule has 0 atom stereocenters. The van der Waals surface area contributed by atoms with Gasteiger partial charge in [0.2, 0.25) is 0 Å². The van der Waals surface area contributed by atoms with Crippen LogP contribution in [0.2, 0.25) is 0 Å². The maximum Gasteiger partial charge on any atom is 0.0979 e. The monoisotopic (exact) mass is 799 g/mol. The molecule has 0 saturated heterocycles. The van der Waals surface area contributed by atoms with Crippen molar-refractivity contribution in [2.45, 2.75) is 0 Å². The van der Waals surface area contributed by atoms with Crippen LogP contribution >= 0.6 is 0 Å². The Morgan fingerprint density at radius 3 is 1.70 bits per heavy atom. The van der Waals surface area contributed by atoms with Crippen molar-refractivity contribution in [3.63, 3.8) is 0 Å². The fourth-order valence-corrected chi connectivity index (χ4v) is 10.1. The third kappa shape index (κ3) is 5.60. The van der Waals surface area contributed by atoms with E-state index < -0.39 is 0 Å². The van der Waals surface area contributed by atoms with E-state index in [9.17, 15) is 0 Å². The van der Waals surface area contributed by atoms with Crippen LogP contribution in [0.15, 0.2) is 225 Å². The quantitative estimate of drug-likeness (QED) is 0.162. The highest BCUT2D eigenvalue weighted by Crippen LogP contribution is 2.43. The predicted octanol–water partition coefficient (Wildman–Crippen LogP) is 16.0. The largest absolute Gasteiger partial charge is 0.309 e. The van der Waals surface area contributed by atoms with E-state index in [4.69, 9.17) is 9.97 Å². The number of rotatable bonds is 5. The van der Waals surface area contributed by atoms with Gasteiger partial charge in [0.25, 0.3) is 0 Å². The van der Waals surface area contributed by atoms with Crippen molar-refractivity contribution >= 4 is 75.9 Å². The minimum Gasteiger partial charge on any atom is -0.309 e. The summed E-state index contributed by atoms with van der Waals surface area (Å²) in [7, 11) is 0. The summed E-state index contributed by atoms with van der Waals surface area (Å²) in [6.07, 6.45) is 1.93. The van der Waals surface area contributed by atoms with Crippen LogP contribution in [0.1, 0.15) is 0 Å². The zero-order chi connectivity index (χ0) is 41.4. The van der Waals surface area contributed by atoms with Crippen LogP contribution in [0.4, 0.5) is 0 Å². The third-order valence-electron chi connectivity index (χ3n) is 13.0. The number of fused-ring (bicyclic) bond motifs is 11. The van der Waals surface area contributed by atoms with Crippen LogP contribution in [0.5, 0.6) is 0 Å². The Balaban J connectivity index is 0.944. The van der Waals surface area contributed by atoms with E-state index in [1.807, 2.05) is 6.20 Å². The van der Waals surface area contributed by atoms with E-state index in [1.54, 1.807) is 0 Å². The fraction of sp³-hybridized carbons (Fsp3) is 0. The maximum absolute atomic E-state index is 5.32. The molecule has 3 heteroatoms. The number of hydrogen-bond donors (Lipinski definition) is 0. The van der Waals surface area contributed by atoms with Crippen molar-refractivity contribution in [1.82, 2.24) is 14.5 Å². The summed E-state index contributed by atoms with van der Waals surface area (Å²) in [4.78, 5) is 10.4. The molecule has 3 nitrogen and oxygen atoms in total. The van der Waals surface area contributed by atoms with E-state index >= 15 is 0 Å². The van der Waals surface area contributed by atoms with Crippen LogP contribution in [-0.4, -0.2) is 14.5 Å². The maximum atomic E-state index is 5.32. The zero-order valence-corrected chi connectivity index (χ0v) is 34.2. The van der Waals surface area contributed by atoms with E-state index in [0.29, 0.717) is 0 Å². The van der Waals surface area contributed by atoms with Crippen LogP contribution in [0.3, 0.4) is 0 Å². The summed E-state index contributed by atoms with van der Waals surface area (Å²) in [5, 5.41) is 12.0. The lowest BCUT2D eigenvalue weighted by Crippen LogP contribution is -1.93. The lowest BCUT2D eigenvalue weighted by molar-refractivity contribution is 1.18.